The summed E-state index contributed by atoms with van der Waals surface area (Å²) in [6.45, 7) is 5.89. The zero-order valence-corrected chi connectivity index (χ0v) is 11.7. The zero-order chi connectivity index (χ0) is 13.8. The van der Waals surface area contributed by atoms with Crippen LogP contribution in [0.4, 0.5) is 4.39 Å². The zero-order valence-electron chi connectivity index (χ0n) is 11.7. The molecule has 2 aromatic rings. The third kappa shape index (κ3) is 2.80. The number of nitrogens with one attached hydrogen (secondary N) is 1. The number of aryl methyl sites for hydroxylation is 1. The van der Waals surface area contributed by atoms with Gasteiger partial charge in [-0.1, -0.05) is 13.0 Å². The minimum Gasteiger partial charge on any atom is -0.459 e. The number of rotatable bonds is 6. The first-order valence-electron chi connectivity index (χ1n) is 6.58. The maximum atomic E-state index is 14.0. The Balaban J connectivity index is 2.47. The summed E-state index contributed by atoms with van der Waals surface area (Å²) in [5.41, 5.74) is 2.37. The molecule has 0 aliphatic rings. The lowest BCUT2D eigenvalue weighted by atomic mass is 10.1. The van der Waals surface area contributed by atoms with Crippen LogP contribution in [-0.4, -0.2) is 13.7 Å². The van der Waals surface area contributed by atoms with E-state index in [1.807, 2.05) is 6.92 Å². The van der Waals surface area contributed by atoms with Gasteiger partial charge in [0.05, 0.1) is 18.5 Å². The van der Waals surface area contributed by atoms with Gasteiger partial charge >= 0.3 is 0 Å². The van der Waals surface area contributed by atoms with E-state index in [2.05, 4.69) is 12.2 Å². The van der Waals surface area contributed by atoms with Crippen molar-refractivity contribution >= 4 is 11.0 Å². The van der Waals surface area contributed by atoms with Crippen LogP contribution >= 0.6 is 0 Å². The van der Waals surface area contributed by atoms with Gasteiger partial charge in [0.1, 0.15) is 17.2 Å². The number of benzene rings is 1. The summed E-state index contributed by atoms with van der Waals surface area (Å²) in [6, 6.07) is 3.22. The number of hydrogen-bond donors (Lipinski definition) is 1. The van der Waals surface area contributed by atoms with Crippen molar-refractivity contribution in [1.29, 1.82) is 0 Å². The van der Waals surface area contributed by atoms with E-state index in [0.717, 1.165) is 29.9 Å². The Bertz CT molecular complexity index is 563. The number of furan rings is 1. The summed E-state index contributed by atoms with van der Waals surface area (Å²) in [4.78, 5) is 0. The highest BCUT2D eigenvalue weighted by molar-refractivity contribution is 5.85. The molecule has 0 aliphatic heterocycles. The smallest absolute Gasteiger partial charge is 0.140 e. The van der Waals surface area contributed by atoms with Crippen LogP contribution in [0.2, 0.25) is 0 Å². The molecule has 1 aromatic heterocycles. The predicted octanol–water partition coefficient (Wildman–Crippen LogP) is 3.53. The Morgan fingerprint density at radius 2 is 2.16 bits per heavy atom. The van der Waals surface area contributed by atoms with E-state index in [1.54, 1.807) is 13.2 Å². The lowest BCUT2D eigenvalue weighted by Gasteiger charge is -2.03. The molecule has 19 heavy (non-hydrogen) atoms. The van der Waals surface area contributed by atoms with Crippen molar-refractivity contribution in [2.75, 3.05) is 13.7 Å². The highest BCUT2D eigenvalue weighted by Crippen LogP contribution is 2.31. The number of ether oxygens (including phenoxy) is 1. The van der Waals surface area contributed by atoms with Crippen LogP contribution in [-0.2, 0) is 17.9 Å². The van der Waals surface area contributed by atoms with Crippen molar-refractivity contribution < 1.29 is 13.5 Å². The first-order chi connectivity index (χ1) is 9.19. The third-order valence-corrected chi connectivity index (χ3v) is 3.17. The molecule has 0 spiro atoms. The van der Waals surface area contributed by atoms with E-state index in [4.69, 9.17) is 9.15 Å². The summed E-state index contributed by atoms with van der Waals surface area (Å²) < 4.78 is 25.0. The van der Waals surface area contributed by atoms with Crippen molar-refractivity contribution in [2.45, 2.75) is 33.4 Å². The van der Waals surface area contributed by atoms with Gasteiger partial charge in [-0.3, -0.25) is 0 Å². The van der Waals surface area contributed by atoms with E-state index in [1.165, 1.54) is 6.07 Å². The molecule has 1 aromatic carbocycles. The molecule has 0 bridgehead atoms. The van der Waals surface area contributed by atoms with Crippen LogP contribution in [0, 0.1) is 12.7 Å². The molecule has 0 amide bonds. The first kappa shape index (κ1) is 14.0. The van der Waals surface area contributed by atoms with Gasteiger partial charge in [0.2, 0.25) is 0 Å². The maximum Gasteiger partial charge on any atom is 0.140 e. The molecule has 3 nitrogen and oxygen atoms in total. The number of methoxy groups -OCH3 is 1. The summed E-state index contributed by atoms with van der Waals surface area (Å²) >= 11 is 0. The van der Waals surface area contributed by atoms with E-state index in [-0.39, 0.29) is 5.82 Å². The molecular weight excluding hydrogens is 245 g/mol. The van der Waals surface area contributed by atoms with Crippen LogP contribution in [0.3, 0.4) is 0 Å². The molecule has 0 aliphatic carbocycles. The maximum absolute atomic E-state index is 14.0. The van der Waals surface area contributed by atoms with Crippen molar-refractivity contribution in [1.82, 2.24) is 5.32 Å². The average Bonchev–Trinajstić information content (AvgIpc) is 2.75. The SMILES string of the molecule is CCCNCc1oc2c(C)ccc(F)c2c1COC. The predicted molar refractivity (Wildman–Crippen MR) is 73.6 cm³/mol. The summed E-state index contributed by atoms with van der Waals surface area (Å²) in [5, 5.41) is 3.83. The molecule has 0 atom stereocenters. The van der Waals surface area contributed by atoms with E-state index in [9.17, 15) is 4.39 Å². The molecule has 0 radical (unpaired) electrons. The fraction of sp³-hybridized carbons (Fsp3) is 0.467. The minimum absolute atomic E-state index is 0.252. The van der Waals surface area contributed by atoms with Crippen LogP contribution < -0.4 is 5.32 Å². The second-order valence-electron chi connectivity index (χ2n) is 4.68. The lowest BCUT2D eigenvalue weighted by molar-refractivity contribution is 0.183. The highest BCUT2D eigenvalue weighted by Gasteiger charge is 2.18. The monoisotopic (exact) mass is 265 g/mol. The van der Waals surface area contributed by atoms with Gasteiger partial charge in [-0.05, 0) is 31.5 Å². The largest absolute Gasteiger partial charge is 0.459 e. The second-order valence-corrected chi connectivity index (χ2v) is 4.68. The Hall–Kier alpha value is -1.39. The van der Waals surface area contributed by atoms with E-state index in [0.29, 0.717) is 24.1 Å². The molecule has 2 rings (SSSR count). The fourth-order valence-corrected chi connectivity index (χ4v) is 2.22. The Kier molecular flexibility index (Phi) is 4.56. The molecule has 1 N–H and O–H groups in total. The van der Waals surface area contributed by atoms with Gasteiger partial charge in [-0.2, -0.15) is 0 Å². The van der Waals surface area contributed by atoms with Crippen LogP contribution in [0.15, 0.2) is 16.5 Å². The van der Waals surface area contributed by atoms with Crippen molar-refractivity contribution in [3.63, 3.8) is 0 Å². The molecule has 0 unspecified atom stereocenters. The first-order valence-corrected chi connectivity index (χ1v) is 6.58. The van der Waals surface area contributed by atoms with Gasteiger partial charge in [-0.25, -0.2) is 4.39 Å². The molecule has 104 valence electrons. The van der Waals surface area contributed by atoms with Gasteiger partial charge in [-0.15, -0.1) is 0 Å². The Morgan fingerprint density at radius 1 is 1.37 bits per heavy atom. The molecule has 0 saturated heterocycles. The standard InChI is InChI=1S/C15H20FNO2/c1-4-7-17-8-13-11(9-18-3)14-12(16)6-5-10(2)15(14)19-13/h5-6,17H,4,7-9H2,1-3H3. The topological polar surface area (TPSA) is 34.4 Å². The summed E-state index contributed by atoms with van der Waals surface area (Å²) in [5.74, 6) is 0.511. The van der Waals surface area contributed by atoms with E-state index < -0.39 is 0 Å². The van der Waals surface area contributed by atoms with Crippen LogP contribution in [0.5, 0.6) is 0 Å². The quantitative estimate of drug-likeness (QED) is 0.811. The highest BCUT2D eigenvalue weighted by atomic mass is 19.1. The molecule has 4 heteroatoms. The van der Waals surface area contributed by atoms with Crippen molar-refractivity contribution in [2.24, 2.45) is 0 Å². The van der Waals surface area contributed by atoms with Crippen molar-refractivity contribution in [3.05, 3.63) is 34.8 Å². The number of hydrogen-bond acceptors (Lipinski definition) is 3. The van der Waals surface area contributed by atoms with E-state index >= 15 is 0 Å². The normalized spacial score (nSPS) is 11.4. The van der Waals surface area contributed by atoms with Crippen molar-refractivity contribution in [3.8, 4) is 0 Å². The molecule has 1 heterocycles. The third-order valence-electron chi connectivity index (χ3n) is 3.17. The Labute approximate surface area is 112 Å². The number of halogens is 1. The van der Waals surface area contributed by atoms with Gasteiger partial charge in [0.15, 0.2) is 0 Å². The molecular formula is C15H20FNO2. The minimum atomic E-state index is -0.252. The lowest BCUT2D eigenvalue weighted by Crippen LogP contribution is -2.14. The second kappa shape index (κ2) is 6.17. The Morgan fingerprint density at radius 3 is 2.84 bits per heavy atom. The van der Waals surface area contributed by atoms with Crippen LogP contribution in [0.1, 0.15) is 30.2 Å². The fourth-order valence-electron chi connectivity index (χ4n) is 2.22. The molecule has 0 saturated carbocycles. The summed E-state index contributed by atoms with van der Waals surface area (Å²) in [6.07, 6.45) is 1.05. The number of fused-ring (bicyclic) bond motifs is 1. The van der Waals surface area contributed by atoms with Gasteiger partial charge in [0.25, 0.3) is 0 Å². The van der Waals surface area contributed by atoms with Crippen LogP contribution in [0.25, 0.3) is 11.0 Å². The van der Waals surface area contributed by atoms with Gasteiger partial charge < -0.3 is 14.5 Å². The average molecular weight is 265 g/mol. The van der Waals surface area contributed by atoms with Gasteiger partial charge in [0, 0.05) is 12.7 Å². The summed E-state index contributed by atoms with van der Waals surface area (Å²) in [7, 11) is 1.61. The molecule has 0 fully saturated rings.